The predicted molar refractivity (Wildman–Crippen MR) is 89.8 cm³/mol. The van der Waals surface area contributed by atoms with Gasteiger partial charge in [-0.15, -0.1) is 0 Å². The number of rotatable bonds is 1. The highest BCUT2D eigenvalue weighted by molar-refractivity contribution is 5.95. The highest BCUT2D eigenvalue weighted by Gasteiger charge is 2.47. The van der Waals surface area contributed by atoms with Crippen LogP contribution in [-0.4, -0.2) is 30.0 Å². The molecule has 2 aromatic carbocycles. The van der Waals surface area contributed by atoms with Crippen LogP contribution >= 0.6 is 0 Å². The Labute approximate surface area is 144 Å². The molecule has 0 radical (unpaired) electrons. The Morgan fingerprint density at radius 1 is 1.08 bits per heavy atom. The number of nitrogens with one attached hydrogen (secondary N) is 1. The summed E-state index contributed by atoms with van der Waals surface area (Å²) in [5, 5.41) is 2.76. The van der Waals surface area contributed by atoms with E-state index in [-0.39, 0.29) is 17.8 Å². The van der Waals surface area contributed by atoms with Crippen LogP contribution in [0.15, 0.2) is 48.5 Å². The standard InChI is InChI=1S/C19H17FN2O3/c20-13-5-7-14(8-6-13)21-18(24)22-11-9-19(10-12-22)16-4-2-1-3-15(16)17(23)25-19/h1-8H,9-12H2,(H,21,24). The van der Waals surface area contributed by atoms with Crippen LogP contribution < -0.4 is 5.32 Å². The molecule has 4 rings (SSSR count). The van der Waals surface area contributed by atoms with E-state index in [0.29, 0.717) is 37.2 Å². The molecule has 0 saturated carbocycles. The van der Waals surface area contributed by atoms with Crippen LogP contribution in [0.2, 0.25) is 0 Å². The average molecular weight is 340 g/mol. The number of piperidine rings is 1. The number of nitrogens with zero attached hydrogens (tertiary/aromatic N) is 1. The minimum absolute atomic E-state index is 0.237. The molecular weight excluding hydrogens is 323 g/mol. The van der Waals surface area contributed by atoms with Gasteiger partial charge in [-0.2, -0.15) is 0 Å². The first kappa shape index (κ1) is 15.6. The largest absolute Gasteiger partial charge is 0.450 e. The van der Waals surface area contributed by atoms with Crippen molar-refractivity contribution >= 4 is 17.7 Å². The van der Waals surface area contributed by atoms with Gasteiger partial charge in [0.25, 0.3) is 0 Å². The summed E-state index contributed by atoms with van der Waals surface area (Å²) in [6.07, 6.45) is 1.12. The fraction of sp³-hybridized carbons (Fsp3) is 0.263. The van der Waals surface area contributed by atoms with Crippen LogP contribution in [0.4, 0.5) is 14.9 Å². The predicted octanol–water partition coefficient (Wildman–Crippen LogP) is 3.52. The van der Waals surface area contributed by atoms with E-state index in [1.54, 1.807) is 11.0 Å². The van der Waals surface area contributed by atoms with Gasteiger partial charge >= 0.3 is 12.0 Å². The highest BCUT2D eigenvalue weighted by Crippen LogP contribution is 2.43. The molecule has 0 aromatic heterocycles. The Morgan fingerprint density at radius 2 is 1.76 bits per heavy atom. The fourth-order valence-corrected chi connectivity index (χ4v) is 3.52. The van der Waals surface area contributed by atoms with Gasteiger partial charge in [-0.3, -0.25) is 0 Å². The topological polar surface area (TPSA) is 58.6 Å². The van der Waals surface area contributed by atoms with Gasteiger partial charge in [0, 0.05) is 37.2 Å². The minimum Gasteiger partial charge on any atom is -0.450 e. The first-order chi connectivity index (χ1) is 12.1. The minimum atomic E-state index is -0.625. The van der Waals surface area contributed by atoms with Gasteiger partial charge in [-0.25, -0.2) is 14.0 Å². The number of ether oxygens (including phenoxy) is 1. The van der Waals surface area contributed by atoms with Crippen molar-refractivity contribution < 1.29 is 18.7 Å². The van der Waals surface area contributed by atoms with Crippen molar-refractivity contribution in [3.05, 3.63) is 65.5 Å². The van der Waals surface area contributed by atoms with E-state index in [9.17, 15) is 14.0 Å². The second-order valence-electron chi connectivity index (χ2n) is 6.35. The molecule has 25 heavy (non-hydrogen) atoms. The molecule has 2 aromatic rings. The molecule has 1 fully saturated rings. The maximum absolute atomic E-state index is 12.9. The molecule has 128 valence electrons. The van der Waals surface area contributed by atoms with E-state index in [0.717, 1.165) is 5.56 Å². The van der Waals surface area contributed by atoms with E-state index < -0.39 is 5.60 Å². The Hall–Kier alpha value is -2.89. The van der Waals surface area contributed by atoms with E-state index in [1.165, 1.54) is 24.3 Å². The van der Waals surface area contributed by atoms with Crippen molar-refractivity contribution in [1.29, 1.82) is 0 Å². The van der Waals surface area contributed by atoms with Gasteiger partial charge < -0.3 is 15.0 Å². The zero-order valence-corrected chi connectivity index (χ0v) is 13.5. The second-order valence-corrected chi connectivity index (χ2v) is 6.35. The third kappa shape index (κ3) is 2.73. The van der Waals surface area contributed by atoms with Crippen LogP contribution in [0.1, 0.15) is 28.8 Å². The van der Waals surface area contributed by atoms with Crippen LogP contribution in [0, 0.1) is 5.82 Å². The van der Waals surface area contributed by atoms with Crippen molar-refractivity contribution in [3.63, 3.8) is 0 Å². The molecule has 0 bridgehead atoms. The number of hydrogen-bond acceptors (Lipinski definition) is 3. The van der Waals surface area contributed by atoms with E-state index in [1.807, 2.05) is 18.2 Å². The summed E-state index contributed by atoms with van der Waals surface area (Å²) in [5.41, 5.74) is 1.45. The third-order valence-corrected chi connectivity index (χ3v) is 4.88. The lowest BCUT2D eigenvalue weighted by Crippen LogP contribution is -2.46. The molecule has 1 N–H and O–H groups in total. The monoisotopic (exact) mass is 340 g/mol. The van der Waals surface area contributed by atoms with Crippen LogP contribution in [0.25, 0.3) is 0 Å². The summed E-state index contributed by atoms with van der Waals surface area (Å²) < 4.78 is 18.6. The summed E-state index contributed by atoms with van der Waals surface area (Å²) >= 11 is 0. The molecule has 2 amide bonds. The maximum atomic E-state index is 12.9. The number of halogens is 1. The van der Waals surface area contributed by atoms with Crippen molar-refractivity contribution in [3.8, 4) is 0 Å². The molecule has 2 aliphatic rings. The average Bonchev–Trinajstić information content (AvgIpc) is 2.90. The van der Waals surface area contributed by atoms with E-state index >= 15 is 0 Å². The Kier molecular flexibility index (Phi) is 3.67. The number of anilines is 1. The number of esters is 1. The molecule has 2 aliphatic heterocycles. The molecule has 2 heterocycles. The zero-order chi connectivity index (χ0) is 17.4. The quantitative estimate of drug-likeness (QED) is 0.808. The van der Waals surface area contributed by atoms with E-state index in [4.69, 9.17) is 4.74 Å². The van der Waals surface area contributed by atoms with Crippen molar-refractivity contribution in [2.24, 2.45) is 0 Å². The summed E-state index contributed by atoms with van der Waals surface area (Å²) in [6, 6.07) is 12.8. The molecule has 0 atom stereocenters. The van der Waals surface area contributed by atoms with Crippen molar-refractivity contribution in [2.75, 3.05) is 18.4 Å². The van der Waals surface area contributed by atoms with Crippen LogP contribution in [0.5, 0.6) is 0 Å². The Balaban J connectivity index is 1.44. The zero-order valence-electron chi connectivity index (χ0n) is 13.5. The molecule has 0 aliphatic carbocycles. The van der Waals surface area contributed by atoms with Gasteiger partial charge in [0.05, 0.1) is 5.56 Å². The number of carbonyl (C=O) groups is 2. The van der Waals surface area contributed by atoms with Gasteiger partial charge in [-0.05, 0) is 30.3 Å². The number of amides is 2. The summed E-state index contributed by atoms with van der Waals surface area (Å²) in [4.78, 5) is 26.1. The normalized spacial score (nSPS) is 18.0. The lowest BCUT2D eigenvalue weighted by atomic mass is 9.84. The lowest BCUT2D eigenvalue weighted by Gasteiger charge is -2.38. The van der Waals surface area contributed by atoms with Crippen molar-refractivity contribution in [2.45, 2.75) is 18.4 Å². The fourth-order valence-electron chi connectivity index (χ4n) is 3.52. The lowest BCUT2D eigenvalue weighted by molar-refractivity contribution is -0.0363. The second kappa shape index (κ2) is 5.88. The smallest absolute Gasteiger partial charge is 0.339 e. The highest BCUT2D eigenvalue weighted by atomic mass is 19.1. The number of urea groups is 1. The van der Waals surface area contributed by atoms with Gasteiger partial charge in [0.2, 0.25) is 0 Å². The van der Waals surface area contributed by atoms with Crippen LogP contribution in [0.3, 0.4) is 0 Å². The third-order valence-electron chi connectivity index (χ3n) is 4.88. The molecule has 1 spiro atoms. The van der Waals surface area contributed by atoms with E-state index in [2.05, 4.69) is 5.32 Å². The van der Waals surface area contributed by atoms with Gasteiger partial charge in [-0.1, -0.05) is 18.2 Å². The molecule has 6 heteroatoms. The molecule has 1 saturated heterocycles. The van der Waals surface area contributed by atoms with Crippen molar-refractivity contribution in [1.82, 2.24) is 4.90 Å². The Bertz CT molecular complexity index is 827. The molecule has 5 nitrogen and oxygen atoms in total. The number of benzene rings is 2. The molecule has 0 unspecified atom stereocenters. The summed E-state index contributed by atoms with van der Waals surface area (Å²) in [7, 11) is 0. The summed E-state index contributed by atoms with van der Waals surface area (Å²) in [5.74, 6) is -0.639. The maximum Gasteiger partial charge on any atom is 0.339 e. The molecular formula is C19H17FN2O3. The van der Waals surface area contributed by atoms with Crippen LogP contribution in [-0.2, 0) is 10.3 Å². The number of carbonyl (C=O) groups excluding carboxylic acids is 2. The first-order valence-corrected chi connectivity index (χ1v) is 8.22. The first-order valence-electron chi connectivity index (χ1n) is 8.22. The SMILES string of the molecule is O=C1OC2(CCN(C(=O)Nc3ccc(F)cc3)CC2)c2ccccc21. The Morgan fingerprint density at radius 3 is 2.48 bits per heavy atom. The summed E-state index contributed by atoms with van der Waals surface area (Å²) in [6.45, 7) is 0.962. The van der Waals surface area contributed by atoms with Gasteiger partial charge in [0.1, 0.15) is 11.4 Å². The number of hydrogen-bond donors (Lipinski definition) is 1. The number of fused-ring (bicyclic) bond motifs is 2. The van der Waals surface area contributed by atoms with Gasteiger partial charge in [0.15, 0.2) is 0 Å². The number of likely N-dealkylation sites (tertiary alicyclic amines) is 1.